The molecule has 24 heavy (non-hydrogen) atoms. The minimum absolute atomic E-state index is 0.445. The Morgan fingerprint density at radius 3 is 2.12 bits per heavy atom. The molecule has 0 saturated carbocycles. The highest BCUT2D eigenvalue weighted by Crippen LogP contribution is 2.29. The van der Waals surface area contributed by atoms with Crippen LogP contribution < -0.4 is 5.14 Å². The van der Waals surface area contributed by atoms with Crippen molar-refractivity contribution >= 4 is 37.4 Å². The Bertz CT molecular complexity index is 1000. The number of sulfone groups is 1. The van der Waals surface area contributed by atoms with E-state index in [-0.39, 0.29) is 0 Å². The van der Waals surface area contributed by atoms with Crippen molar-refractivity contribution < 1.29 is 26.7 Å². The molecule has 0 aliphatic carbocycles. The Labute approximate surface area is 143 Å². The summed E-state index contributed by atoms with van der Waals surface area (Å²) in [7, 11) is -8.38. The van der Waals surface area contributed by atoms with Gasteiger partial charge in [-0.2, -0.15) is 0 Å². The molecule has 0 unspecified atom stereocenters. The minimum atomic E-state index is -4.30. The van der Waals surface area contributed by atoms with Crippen molar-refractivity contribution in [2.45, 2.75) is 15.5 Å². The van der Waals surface area contributed by atoms with Crippen LogP contribution in [0.2, 0.25) is 5.02 Å². The number of carboxylic acid groups (broad SMARTS) is 1. The van der Waals surface area contributed by atoms with E-state index in [9.17, 15) is 26.7 Å². The van der Waals surface area contributed by atoms with E-state index in [4.69, 9.17) is 16.7 Å². The highest BCUT2D eigenvalue weighted by molar-refractivity contribution is 7.91. The van der Waals surface area contributed by atoms with Gasteiger partial charge in [0.2, 0.25) is 10.0 Å². The van der Waals surface area contributed by atoms with Crippen LogP contribution in [0.25, 0.3) is 0 Å². The molecule has 0 fully saturated rings. The number of benzene rings is 2. The van der Waals surface area contributed by atoms with E-state index in [1.165, 1.54) is 0 Å². The van der Waals surface area contributed by atoms with Gasteiger partial charge >= 0.3 is 5.97 Å². The monoisotopic (exact) mass is 389 g/mol. The van der Waals surface area contributed by atoms with Gasteiger partial charge in [0.25, 0.3) is 0 Å². The minimum Gasteiger partial charge on any atom is -0.478 e. The molecule has 0 radical (unpaired) electrons. The molecule has 0 aliphatic heterocycles. The fourth-order valence-corrected chi connectivity index (χ4v) is 4.78. The first kappa shape index (κ1) is 18.4. The Balaban J connectivity index is 2.65. The maximum Gasteiger partial charge on any atom is 0.337 e. The number of primary sulfonamides is 1. The maximum absolute atomic E-state index is 12.5. The summed E-state index contributed by atoms with van der Waals surface area (Å²) in [5.41, 5.74) is -0.264. The molecule has 3 N–H and O–H groups in total. The van der Waals surface area contributed by atoms with Gasteiger partial charge in [0.1, 0.15) is 4.90 Å². The largest absolute Gasteiger partial charge is 0.478 e. The topological polar surface area (TPSA) is 132 Å². The third-order valence-corrected chi connectivity index (χ3v) is 6.20. The van der Waals surface area contributed by atoms with E-state index in [1.807, 2.05) is 0 Å². The summed E-state index contributed by atoms with van der Waals surface area (Å²) in [4.78, 5) is 10.1. The summed E-state index contributed by atoms with van der Waals surface area (Å²) >= 11 is 5.78. The van der Waals surface area contributed by atoms with Crippen molar-refractivity contribution in [3.05, 3.63) is 58.6 Å². The quantitative estimate of drug-likeness (QED) is 0.799. The molecule has 7 nitrogen and oxygen atoms in total. The van der Waals surface area contributed by atoms with Crippen LogP contribution in [0.3, 0.4) is 0 Å². The third kappa shape index (κ3) is 3.93. The zero-order valence-electron chi connectivity index (χ0n) is 12.0. The maximum atomic E-state index is 12.5. The Morgan fingerprint density at radius 2 is 1.62 bits per heavy atom. The molecule has 2 aromatic carbocycles. The first-order valence-electron chi connectivity index (χ1n) is 6.38. The molecule has 0 spiro atoms. The first-order chi connectivity index (χ1) is 11.0. The Hall–Kier alpha value is -1.94. The van der Waals surface area contributed by atoms with Crippen molar-refractivity contribution in [3.63, 3.8) is 0 Å². The highest BCUT2D eigenvalue weighted by atomic mass is 35.5. The number of carbonyl (C=O) groups is 1. The van der Waals surface area contributed by atoms with E-state index in [2.05, 4.69) is 0 Å². The molecule has 10 heteroatoms. The second kappa shape index (κ2) is 6.52. The highest BCUT2D eigenvalue weighted by Gasteiger charge is 2.27. The SMILES string of the molecule is NS(=O)(=O)c1cc(C(=O)O)c(S(=O)(=O)Cc2ccccc2)cc1Cl. The lowest BCUT2D eigenvalue weighted by Gasteiger charge is -2.11. The molecule has 0 aliphatic rings. The van der Waals surface area contributed by atoms with Gasteiger partial charge in [-0.25, -0.2) is 26.8 Å². The smallest absolute Gasteiger partial charge is 0.337 e. The van der Waals surface area contributed by atoms with Crippen LogP contribution in [-0.2, 0) is 25.6 Å². The predicted molar refractivity (Wildman–Crippen MR) is 87.1 cm³/mol. The van der Waals surface area contributed by atoms with Gasteiger partial charge in [-0.3, -0.25) is 0 Å². The number of rotatable bonds is 5. The van der Waals surface area contributed by atoms with Crippen molar-refractivity contribution in [1.29, 1.82) is 0 Å². The number of halogens is 1. The molecular formula is C14H12ClNO6S2. The number of hydrogen-bond acceptors (Lipinski definition) is 5. The molecule has 0 atom stereocenters. The Kier molecular flexibility index (Phi) is 5.00. The summed E-state index contributed by atoms with van der Waals surface area (Å²) in [6.07, 6.45) is 0. The predicted octanol–water partition coefficient (Wildman–Crippen LogP) is 1.66. The molecule has 128 valence electrons. The summed E-state index contributed by atoms with van der Waals surface area (Å²) in [6.45, 7) is 0. The lowest BCUT2D eigenvalue weighted by atomic mass is 10.2. The number of nitrogens with two attached hydrogens (primary N) is 1. The average Bonchev–Trinajstić information content (AvgIpc) is 2.46. The van der Waals surface area contributed by atoms with Crippen molar-refractivity contribution in [1.82, 2.24) is 0 Å². The normalized spacial score (nSPS) is 12.1. The van der Waals surface area contributed by atoms with Crippen LogP contribution in [0, 0.1) is 0 Å². The van der Waals surface area contributed by atoms with Crippen LogP contribution in [0.4, 0.5) is 0 Å². The average molecular weight is 390 g/mol. The van der Waals surface area contributed by atoms with Crippen LogP contribution >= 0.6 is 11.6 Å². The van der Waals surface area contributed by atoms with Crippen molar-refractivity contribution in [2.24, 2.45) is 5.14 Å². The van der Waals surface area contributed by atoms with Crippen LogP contribution in [0.1, 0.15) is 15.9 Å². The Morgan fingerprint density at radius 1 is 1.04 bits per heavy atom. The zero-order valence-corrected chi connectivity index (χ0v) is 14.4. The van der Waals surface area contributed by atoms with E-state index in [0.717, 1.165) is 6.07 Å². The van der Waals surface area contributed by atoms with Gasteiger partial charge in [0, 0.05) is 0 Å². The lowest BCUT2D eigenvalue weighted by molar-refractivity contribution is 0.0692. The van der Waals surface area contributed by atoms with Gasteiger partial charge in [-0.15, -0.1) is 0 Å². The van der Waals surface area contributed by atoms with E-state index < -0.39 is 52.0 Å². The van der Waals surface area contributed by atoms with Crippen molar-refractivity contribution in [2.75, 3.05) is 0 Å². The summed E-state index contributed by atoms with van der Waals surface area (Å²) in [6, 6.07) is 9.56. The summed E-state index contributed by atoms with van der Waals surface area (Å²) in [5, 5.41) is 13.7. The summed E-state index contributed by atoms with van der Waals surface area (Å²) < 4.78 is 47.9. The number of hydrogen-bond donors (Lipinski definition) is 2. The lowest BCUT2D eigenvalue weighted by Crippen LogP contribution is -2.17. The van der Waals surface area contributed by atoms with Crippen LogP contribution in [0.15, 0.2) is 52.3 Å². The summed E-state index contributed by atoms with van der Waals surface area (Å²) in [5.74, 6) is -2.07. The molecule has 0 amide bonds. The second-order valence-corrected chi connectivity index (χ2v) is 8.77. The van der Waals surface area contributed by atoms with Crippen molar-refractivity contribution in [3.8, 4) is 0 Å². The number of carboxylic acids is 1. The fourth-order valence-electron chi connectivity index (χ4n) is 2.05. The van der Waals surface area contributed by atoms with E-state index in [0.29, 0.717) is 11.6 Å². The molecule has 2 aromatic rings. The molecule has 0 bridgehead atoms. The zero-order chi connectivity index (χ0) is 18.1. The molecule has 0 saturated heterocycles. The van der Waals surface area contributed by atoms with Gasteiger partial charge in [-0.1, -0.05) is 41.9 Å². The molecule has 2 rings (SSSR count). The third-order valence-electron chi connectivity index (χ3n) is 3.11. The first-order valence-corrected chi connectivity index (χ1v) is 9.96. The van der Waals surface area contributed by atoms with Crippen LogP contribution in [0.5, 0.6) is 0 Å². The van der Waals surface area contributed by atoms with E-state index >= 15 is 0 Å². The van der Waals surface area contributed by atoms with Gasteiger partial charge < -0.3 is 5.11 Å². The van der Waals surface area contributed by atoms with Gasteiger partial charge in [0.05, 0.1) is 21.2 Å². The number of sulfonamides is 1. The molecular weight excluding hydrogens is 378 g/mol. The van der Waals surface area contributed by atoms with Gasteiger partial charge in [0.15, 0.2) is 9.84 Å². The number of aromatic carboxylic acids is 1. The standard InChI is InChI=1S/C14H12ClNO6S2/c15-11-7-12(10(14(17)18)6-13(11)24(16,21)22)23(19,20)8-9-4-2-1-3-5-9/h1-7H,8H2,(H,17,18)(H2,16,21,22). The van der Waals surface area contributed by atoms with Crippen LogP contribution in [-0.4, -0.2) is 27.9 Å². The molecule has 0 aromatic heterocycles. The fraction of sp³-hybridized carbons (Fsp3) is 0.0714. The second-order valence-electron chi connectivity index (χ2n) is 4.87. The van der Waals surface area contributed by atoms with Gasteiger partial charge in [-0.05, 0) is 17.7 Å². The van der Waals surface area contributed by atoms with E-state index in [1.54, 1.807) is 30.3 Å². The molecule has 0 heterocycles.